The summed E-state index contributed by atoms with van der Waals surface area (Å²) in [6, 6.07) is 0. The Hall–Kier alpha value is -0.570. The van der Waals surface area contributed by atoms with E-state index in [9.17, 15) is 4.79 Å². The van der Waals surface area contributed by atoms with Gasteiger partial charge in [-0.25, -0.2) is 0 Å². The minimum atomic E-state index is -0.0644. The monoisotopic (exact) mass is 284 g/mol. The van der Waals surface area contributed by atoms with E-state index in [1.807, 2.05) is 0 Å². The van der Waals surface area contributed by atoms with E-state index in [0.29, 0.717) is 13.0 Å². The molecule has 20 heavy (non-hydrogen) atoms. The van der Waals surface area contributed by atoms with Gasteiger partial charge >= 0.3 is 5.97 Å². The van der Waals surface area contributed by atoms with Crippen molar-refractivity contribution in [3.63, 3.8) is 0 Å². The van der Waals surface area contributed by atoms with Crippen molar-refractivity contribution in [1.29, 1.82) is 0 Å². The average Bonchev–Trinajstić information content (AvgIpc) is 3.24. The molecule has 0 N–H and O–H groups in total. The van der Waals surface area contributed by atoms with E-state index in [-0.39, 0.29) is 12.1 Å². The second-order valence-corrected chi connectivity index (χ2v) is 6.33. The number of rotatable bonds is 12. The van der Waals surface area contributed by atoms with Crippen LogP contribution in [0, 0.1) is 11.8 Å². The molecule has 1 saturated heterocycles. The summed E-state index contributed by atoms with van der Waals surface area (Å²) >= 11 is 0. The first-order valence-electron chi connectivity index (χ1n) is 8.40. The highest BCUT2D eigenvalue weighted by atomic mass is 16.6. The van der Waals surface area contributed by atoms with Gasteiger partial charge in [0.15, 0.2) is 0 Å². The van der Waals surface area contributed by atoms with Crippen LogP contribution < -0.4 is 0 Å². The Morgan fingerprint density at radius 3 is 2.45 bits per heavy atom. The summed E-state index contributed by atoms with van der Waals surface area (Å²) in [7, 11) is 0. The van der Waals surface area contributed by atoms with Gasteiger partial charge in [-0.2, -0.15) is 0 Å². The van der Waals surface area contributed by atoms with Crippen molar-refractivity contribution in [3.05, 3.63) is 0 Å². The molecule has 3 unspecified atom stereocenters. The largest absolute Gasteiger partial charge is 0.463 e. The number of carbonyl (C=O) groups is 1. The van der Waals surface area contributed by atoms with Crippen LogP contribution in [0.25, 0.3) is 0 Å². The Morgan fingerprint density at radius 2 is 1.80 bits per heavy atom. The van der Waals surface area contributed by atoms with Gasteiger partial charge in [0.1, 0.15) is 12.7 Å². The minimum Gasteiger partial charge on any atom is -0.463 e. The summed E-state index contributed by atoms with van der Waals surface area (Å²) in [6.07, 6.45) is 9.34. The number of hydrogen-bond donors (Lipinski definition) is 0. The molecule has 0 spiro atoms. The topological polar surface area (TPSA) is 38.8 Å². The quantitative estimate of drug-likeness (QED) is 0.304. The molecule has 0 bridgehead atoms. The molecule has 1 aliphatic heterocycles. The van der Waals surface area contributed by atoms with Gasteiger partial charge < -0.3 is 9.47 Å². The van der Waals surface area contributed by atoms with Gasteiger partial charge in [-0.15, -0.1) is 0 Å². The number of carbonyl (C=O) groups excluding carboxylic acids is 1. The Labute approximate surface area is 124 Å². The van der Waals surface area contributed by atoms with Crippen LogP contribution in [0.5, 0.6) is 0 Å². The molecule has 0 aliphatic carbocycles. The van der Waals surface area contributed by atoms with Crippen molar-refractivity contribution in [3.8, 4) is 0 Å². The van der Waals surface area contributed by atoms with Gasteiger partial charge in [-0.1, -0.05) is 59.3 Å². The number of epoxide rings is 1. The summed E-state index contributed by atoms with van der Waals surface area (Å²) in [4.78, 5) is 11.4. The number of ether oxygens (including phenoxy) is 2. The van der Waals surface area contributed by atoms with Crippen LogP contribution in [0.1, 0.15) is 72.1 Å². The van der Waals surface area contributed by atoms with Crippen LogP contribution in [0.3, 0.4) is 0 Å². The van der Waals surface area contributed by atoms with E-state index >= 15 is 0 Å². The lowest BCUT2D eigenvalue weighted by atomic mass is 9.87. The molecule has 0 aromatic rings. The van der Waals surface area contributed by atoms with Crippen LogP contribution in [-0.4, -0.2) is 25.3 Å². The summed E-state index contributed by atoms with van der Waals surface area (Å²) in [5, 5.41) is 0. The Bertz CT molecular complexity index is 261. The first kappa shape index (κ1) is 17.5. The zero-order valence-electron chi connectivity index (χ0n) is 13.5. The zero-order valence-corrected chi connectivity index (χ0v) is 13.5. The molecular weight excluding hydrogens is 252 g/mol. The van der Waals surface area contributed by atoms with E-state index < -0.39 is 0 Å². The molecule has 1 heterocycles. The van der Waals surface area contributed by atoms with Crippen molar-refractivity contribution in [2.24, 2.45) is 11.8 Å². The lowest BCUT2D eigenvalue weighted by molar-refractivity contribution is -0.144. The summed E-state index contributed by atoms with van der Waals surface area (Å²) in [5.41, 5.74) is 0. The molecule has 3 heteroatoms. The fraction of sp³-hybridized carbons (Fsp3) is 0.941. The van der Waals surface area contributed by atoms with E-state index in [1.54, 1.807) is 0 Å². The van der Waals surface area contributed by atoms with Crippen LogP contribution in [-0.2, 0) is 14.3 Å². The molecule has 0 aromatic carbocycles. The molecule has 0 radical (unpaired) electrons. The van der Waals surface area contributed by atoms with Crippen molar-refractivity contribution in [2.45, 2.75) is 78.2 Å². The maximum atomic E-state index is 11.4. The summed E-state index contributed by atoms with van der Waals surface area (Å²) in [5.74, 6) is 1.61. The highest BCUT2D eigenvalue weighted by Gasteiger charge is 2.23. The Balaban J connectivity index is 1.87. The standard InChI is InChI=1S/C17H32O3/c1-4-9-14(2)15(3)10-7-5-6-8-11-17(18)20-13-16-12-19-16/h14-16H,4-13H2,1-3H3. The van der Waals surface area contributed by atoms with Gasteiger partial charge in [0.05, 0.1) is 6.61 Å². The van der Waals surface area contributed by atoms with E-state index in [0.717, 1.165) is 31.3 Å². The van der Waals surface area contributed by atoms with Gasteiger partial charge in [-0.3, -0.25) is 4.79 Å². The second-order valence-electron chi connectivity index (χ2n) is 6.33. The SMILES string of the molecule is CCCC(C)C(C)CCCCCCC(=O)OCC1CO1. The highest BCUT2D eigenvalue weighted by Crippen LogP contribution is 2.22. The number of unbranched alkanes of at least 4 members (excludes halogenated alkanes) is 3. The molecule has 118 valence electrons. The van der Waals surface area contributed by atoms with Crippen LogP contribution >= 0.6 is 0 Å². The average molecular weight is 284 g/mol. The molecule has 3 atom stereocenters. The molecule has 1 fully saturated rings. The maximum Gasteiger partial charge on any atom is 0.305 e. The lowest BCUT2D eigenvalue weighted by Gasteiger charge is -2.18. The lowest BCUT2D eigenvalue weighted by Crippen LogP contribution is -2.09. The molecule has 0 amide bonds. The van der Waals surface area contributed by atoms with Crippen molar-refractivity contribution in [1.82, 2.24) is 0 Å². The summed E-state index contributed by atoms with van der Waals surface area (Å²) < 4.78 is 10.1. The second kappa shape index (κ2) is 10.2. The fourth-order valence-corrected chi connectivity index (χ4v) is 2.54. The number of esters is 1. The first-order valence-corrected chi connectivity index (χ1v) is 8.40. The Kier molecular flexibility index (Phi) is 8.92. The van der Waals surface area contributed by atoms with Crippen molar-refractivity contribution < 1.29 is 14.3 Å². The van der Waals surface area contributed by atoms with Gasteiger partial charge in [0, 0.05) is 6.42 Å². The van der Waals surface area contributed by atoms with Gasteiger partial charge in [0.25, 0.3) is 0 Å². The van der Waals surface area contributed by atoms with Crippen molar-refractivity contribution in [2.75, 3.05) is 13.2 Å². The van der Waals surface area contributed by atoms with Gasteiger partial charge in [-0.05, 0) is 18.3 Å². The molecule has 1 rings (SSSR count). The third-order valence-electron chi connectivity index (χ3n) is 4.34. The van der Waals surface area contributed by atoms with Crippen LogP contribution in [0.2, 0.25) is 0 Å². The molecule has 0 saturated carbocycles. The smallest absolute Gasteiger partial charge is 0.305 e. The molecule has 0 aromatic heterocycles. The van der Waals surface area contributed by atoms with Crippen LogP contribution in [0.4, 0.5) is 0 Å². The van der Waals surface area contributed by atoms with E-state index in [2.05, 4.69) is 20.8 Å². The van der Waals surface area contributed by atoms with E-state index in [1.165, 1.54) is 32.1 Å². The Morgan fingerprint density at radius 1 is 1.15 bits per heavy atom. The summed E-state index contributed by atoms with van der Waals surface area (Å²) in [6.45, 7) is 8.20. The maximum absolute atomic E-state index is 11.4. The molecule has 1 aliphatic rings. The third-order valence-corrected chi connectivity index (χ3v) is 4.34. The van der Waals surface area contributed by atoms with E-state index in [4.69, 9.17) is 9.47 Å². The van der Waals surface area contributed by atoms with Crippen LogP contribution in [0.15, 0.2) is 0 Å². The number of hydrogen-bond acceptors (Lipinski definition) is 3. The molecule has 3 nitrogen and oxygen atoms in total. The first-order chi connectivity index (χ1) is 9.63. The molecular formula is C17H32O3. The third kappa shape index (κ3) is 8.57. The normalized spacial score (nSPS) is 20.4. The zero-order chi connectivity index (χ0) is 14.8. The predicted molar refractivity (Wildman–Crippen MR) is 81.6 cm³/mol. The van der Waals surface area contributed by atoms with Crippen molar-refractivity contribution >= 4 is 5.97 Å². The minimum absolute atomic E-state index is 0.0644. The predicted octanol–water partition coefficient (Wildman–Crippen LogP) is 4.34. The highest BCUT2D eigenvalue weighted by molar-refractivity contribution is 5.69. The fourth-order valence-electron chi connectivity index (χ4n) is 2.54. The van der Waals surface area contributed by atoms with Gasteiger partial charge in [0.2, 0.25) is 0 Å².